The number of halogens is 3. The first-order valence-corrected chi connectivity index (χ1v) is 7.90. The van der Waals surface area contributed by atoms with Gasteiger partial charge in [0.25, 0.3) is 0 Å². The molecule has 90 valence electrons. The number of nitrogens with one attached hydrogen (secondary N) is 1. The summed E-state index contributed by atoms with van der Waals surface area (Å²) in [6, 6.07) is 1.94. The molecule has 0 fully saturated rings. The number of rotatable bonds is 3. The molecule has 0 atom stereocenters. The Hall–Kier alpha value is 0.0800. The van der Waals surface area contributed by atoms with E-state index in [0.29, 0.717) is 10.2 Å². The maximum atomic E-state index is 6.01. The third-order valence-electron chi connectivity index (χ3n) is 1.95. The lowest BCUT2D eigenvalue weighted by atomic mass is 10.4. The fourth-order valence-corrected chi connectivity index (χ4v) is 3.33. The molecule has 3 nitrogen and oxygen atoms in total. The van der Waals surface area contributed by atoms with E-state index in [1.165, 1.54) is 11.3 Å². The van der Waals surface area contributed by atoms with Gasteiger partial charge in [-0.3, -0.25) is 0 Å². The van der Waals surface area contributed by atoms with Crippen molar-refractivity contribution in [3.8, 4) is 10.7 Å². The first-order chi connectivity index (χ1) is 8.11. The van der Waals surface area contributed by atoms with Gasteiger partial charge in [0.05, 0.1) is 8.45 Å². The Kier molecular flexibility index (Phi) is 4.62. The highest BCUT2D eigenvalue weighted by Crippen LogP contribution is 2.37. The van der Waals surface area contributed by atoms with Crippen LogP contribution in [0.1, 0.15) is 6.92 Å². The predicted octanol–water partition coefficient (Wildman–Crippen LogP) is 4.66. The van der Waals surface area contributed by atoms with E-state index >= 15 is 0 Å². The van der Waals surface area contributed by atoms with Crippen LogP contribution in [0.5, 0.6) is 0 Å². The van der Waals surface area contributed by atoms with Gasteiger partial charge >= 0.3 is 0 Å². The monoisotopic (exact) mass is 443 g/mol. The topological polar surface area (TPSA) is 37.8 Å². The van der Waals surface area contributed by atoms with E-state index in [0.717, 1.165) is 25.3 Å². The highest BCUT2D eigenvalue weighted by Gasteiger charge is 2.11. The Bertz CT molecular complexity index is 527. The average Bonchev–Trinajstić information content (AvgIpc) is 2.63. The van der Waals surface area contributed by atoms with Crippen LogP contribution in [-0.4, -0.2) is 16.5 Å². The van der Waals surface area contributed by atoms with Crippen molar-refractivity contribution < 1.29 is 0 Å². The van der Waals surface area contributed by atoms with Crippen molar-refractivity contribution in [1.29, 1.82) is 0 Å². The maximum absolute atomic E-state index is 6.01. The quantitative estimate of drug-likeness (QED) is 0.700. The van der Waals surface area contributed by atoms with E-state index in [-0.39, 0.29) is 0 Å². The van der Waals surface area contributed by atoms with Gasteiger partial charge < -0.3 is 5.32 Å². The highest BCUT2D eigenvalue weighted by atomic mass is 127. The lowest BCUT2D eigenvalue weighted by Crippen LogP contribution is -2.03. The van der Waals surface area contributed by atoms with Crippen molar-refractivity contribution in [3.63, 3.8) is 0 Å². The molecule has 0 aliphatic heterocycles. The summed E-state index contributed by atoms with van der Waals surface area (Å²) < 4.78 is 2.60. The summed E-state index contributed by atoms with van der Waals surface area (Å²) >= 11 is 13.1. The maximum Gasteiger partial charge on any atom is 0.171 e. The van der Waals surface area contributed by atoms with Crippen molar-refractivity contribution in [2.24, 2.45) is 0 Å². The summed E-state index contributed by atoms with van der Waals surface area (Å²) in [7, 11) is 0. The molecule has 2 rings (SSSR count). The molecule has 0 saturated heterocycles. The van der Waals surface area contributed by atoms with E-state index < -0.39 is 0 Å². The molecule has 0 aromatic carbocycles. The summed E-state index contributed by atoms with van der Waals surface area (Å²) in [6.07, 6.45) is 1.81. The summed E-state index contributed by atoms with van der Waals surface area (Å²) in [4.78, 5) is 9.76. The van der Waals surface area contributed by atoms with Gasteiger partial charge in [-0.1, -0.05) is 11.6 Å². The van der Waals surface area contributed by atoms with Crippen LogP contribution in [0.15, 0.2) is 16.7 Å². The molecule has 2 heterocycles. The van der Waals surface area contributed by atoms with Gasteiger partial charge in [-0.05, 0) is 51.5 Å². The van der Waals surface area contributed by atoms with Crippen LogP contribution in [0.2, 0.25) is 4.34 Å². The average molecular weight is 445 g/mol. The van der Waals surface area contributed by atoms with Crippen LogP contribution >= 0.6 is 61.5 Å². The molecule has 0 aliphatic carbocycles. The number of aromatic nitrogens is 2. The molecule has 0 unspecified atom stereocenters. The van der Waals surface area contributed by atoms with Crippen LogP contribution in [0, 0.1) is 3.57 Å². The van der Waals surface area contributed by atoms with Crippen molar-refractivity contribution >= 4 is 67.3 Å². The van der Waals surface area contributed by atoms with Crippen molar-refractivity contribution in [3.05, 3.63) is 24.6 Å². The fraction of sp³-hybridized carbons (Fsp3) is 0.200. The summed E-state index contributed by atoms with van der Waals surface area (Å²) in [5.41, 5.74) is 0. The van der Waals surface area contributed by atoms with Crippen LogP contribution in [0.25, 0.3) is 10.7 Å². The summed E-state index contributed by atoms with van der Waals surface area (Å²) in [5, 5.41) is 3.21. The van der Waals surface area contributed by atoms with Crippen LogP contribution in [0.4, 0.5) is 5.82 Å². The zero-order chi connectivity index (χ0) is 12.4. The lowest BCUT2D eigenvalue weighted by Gasteiger charge is -2.05. The molecule has 0 aliphatic rings. The predicted molar refractivity (Wildman–Crippen MR) is 84.9 cm³/mol. The molecule has 0 bridgehead atoms. The van der Waals surface area contributed by atoms with Gasteiger partial charge in [0, 0.05) is 17.2 Å². The summed E-state index contributed by atoms with van der Waals surface area (Å²) in [5.74, 6) is 1.55. The molecule has 0 spiro atoms. The van der Waals surface area contributed by atoms with Crippen LogP contribution < -0.4 is 5.32 Å². The molecule has 17 heavy (non-hydrogen) atoms. The first kappa shape index (κ1) is 13.5. The van der Waals surface area contributed by atoms with Gasteiger partial charge in [-0.25, -0.2) is 9.97 Å². The Labute approximate surface area is 130 Å². The molecule has 1 N–H and O–H groups in total. The van der Waals surface area contributed by atoms with E-state index in [4.69, 9.17) is 11.6 Å². The van der Waals surface area contributed by atoms with Gasteiger partial charge in [0.15, 0.2) is 5.82 Å². The number of hydrogen-bond donors (Lipinski definition) is 1. The first-order valence-electron chi connectivity index (χ1n) is 4.83. The Morgan fingerprint density at radius 3 is 2.94 bits per heavy atom. The van der Waals surface area contributed by atoms with E-state index in [2.05, 4.69) is 53.8 Å². The molecular weight excluding hydrogens is 436 g/mol. The second kappa shape index (κ2) is 5.81. The van der Waals surface area contributed by atoms with Crippen molar-refractivity contribution in [1.82, 2.24) is 9.97 Å². The van der Waals surface area contributed by atoms with E-state index in [1.54, 1.807) is 0 Å². The van der Waals surface area contributed by atoms with Gasteiger partial charge in [-0.15, -0.1) is 11.3 Å². The van der Waals surface area contributed by atoms with Crippen LogP contribution in [-0.2, 0) is 0 Å². The molecule has 2 aromatic heterocycles. The second-order valence-corrected chi connectivity index (χ2v) is 6.82. The molecule has 0 radical (unpaired) electrons. The lowest BCUT2D eigenvalue weighted by molar-refractivity contribution is 1.11. The Morgan fingerprint density at radius 2 is 2.35 bits per heavy atom. The Balaban J connectivity index is 2.42. The Morgan fingerprint density at radius 1 is 1.59 bits per heavy atom. The normalized spacial score (nSPS) is 10.6. The zero-order valence-corrected chi connectivity index (χ0v) is 14.1. The minimum absolute atomic E-state index is 0.693. The smallest absolute Gasteiger partial charge is 0.171 e. The van der Waals surface area contributed by atoms with Gasteiger partial charge in [0.2, 0.25) is 0 Å². The highest BCUT2D eigenvalue weighted by molar-refractivity contribution is 14.1. The van der Waals surface area contributed by atoms with Gasteiger partial charge in [-0.2, -0.15) is 0 Å². The van der Waals surface area contributed by atoms with E-state index in [1.807, 2.05) is 19.2 Å². The molecule has 0 saturated carbocycles. The summed E-state index contributed by atoms with van der Waals surface area (Å²) in [6.45, 7) is 2.87. The van der Waals surface area contributed by atoms with Gasteiger partial charge in [0.1, 0.15) is 10.2 Å². The van der Waals surface area contributed by atoms with Crippen molar-refractivity contribution in [2.45, 2.75) is 6.92 Å². The molecule has 7 heteroatoms. The molecule has 2 aromatic rings. The fourth-order valence-electron chi connectivity index (χ4n) is 1.23. The third-order valence-corrected chi connectivity index (χ3v) is 5.21. The van der Waals surface area contributed by atoms with Crippen LogP contribution in [0.3, 0.4) is 0 Å². The minimum atomic E-state index is 0.693. The largest absolute Gasteiger partial charge is 0.369 e. The number of hydrogen-bond acceptors (Lipinski definition) is 4. The number of anilines is 1. The third kappa shape index (κ3) is 3.10. The number of thiophene rings is 1. The van der Waals surface area contributed by atoms with Crippen molar-refractivity contribution in [2.75, 3.05) is 11.9 Å². The second-order valence-electron chi connectivity index (χ2n) is 3.15. The number of nitrogens with zero attached hydrogens (tertiary/aromatic N) is 2. The molecule has 0 amide bonds. The minimum Gasteiger partial charge on any atom is -0.369 e. The SMILES string of the molecule is CCNc1nc(-c2cc(Br)c(Cl)s2)ncc1I. The van der Waals surface area contributed by atoms with E-state index in [9.17, 15) is 0 Å². The standard InChI is InChI=1S/C10H8BrClIN3S/c1-2-14-9-6(13)4-15-10(16-9)7-3-5(11)8(12)17-7/h3-4H,2H2,1H3,(H,14,15,16). The zero-order valence-electron chi connectivity index (χ0n) is 8.80. The molecular formula is C10H8BrClIN3S.